The van der Waals surface area contributed by atoms with Crippen LogP contribution in [0.4, 0.5) is 0 Å². The van der Waals surface area contributed by atoms with E-state index in [0.717, 1.165) is 30.9 Å². The molecule has 19 heavy (non-hydrogen) atoms. The van der Waals surface area contributed by atoms with Crippen molar-refractivity contribution in [2.24, 2.45) is 5.92 Å². The van der Waals surface area contributed by atoms with Crippen LogP contribution in [-0.2, 0) is 4.74 Å². The van der Waals surface area contributed by atoms with Gasteiger partial charge in [-0.25, -0.2) is 0 Å². The van der Waals surface area contributed by atoms with Gasteiger partial charge >= 0.3 is 0 Å². The van der Waals surface area contributed by atoms with Crippen LogP contribution in [-0.4, -0.2) is 38.0 Å². The molecular weight excluding hydrogens is 242 g/mol. The molecule has 0 amide bonds. The number of benzene rings is 1. The van der Waals surface area contributed by atoms with Gasteiger partial charge in [-0.1, -0.05) is 12.1 Å². The van der Waals surface area contributed by atoms with Crippen molar-refractivity contribution in [1.29, 1.82) is 0 Å². The first-order chi connectivity index (χ1) is 9.20. The smallest absolute Gasteiger partial charge is 0.119 e. The van der Waals surface area contributed by atoms with Crippen molar-refractivity contribution in [3.63, 3.8) is 0 Å². The van der Waals surface area contributed by atoms with Gasteiger partial charge < -0.3 is 19.9 Å². The Morgan fingerprint density at radius 3 is 3.05 bits per heavy atom. The van der Waals surface area contributed by atoms with Gasteiger partial charge in [-0.3, -0.25) is 0 Å². The van der Waals surface area contributed by atoms with Crippen LogP contribution < -0.4 is 10.1 Å². The first-order valence-electron chi connectivity index (χ1n) is 6.84. The number of methoxy groups -OCH3 is 1. The molecule has 4 heteroatoms. The number of nitrogens with one attached hydrogen (secondary N) is 1. The molecule has 0 radical (unpaired) electrons. The lowest BCUT2D eigenvalue weighted by Gasteiger charge is -2.21. The van der Waals surface area contributed by atoms with E-state index < -0.39 is 6.10 Å². The van der Waals surface area contributed by atoms with Gasteiger partial charge in [0.1, 0.15) is 5.75 Å². The van der Waals surface area contributed by atoms with Gasteiger partial charge in [0.05, 0.1) is 19.8 Å². The van der Waals surface area contributed by atoms with Gasteiger partial charge in [-0.05, 0) is 37.0 Å². The zero-order valence-electron chi connectivity index (χ0n) is 11.6. The fraction of sp³-hybridized carbons (Fsp3) is 0.600. The molecule has 1 aliphatic rings. The van der Waals surface area contributed by atoms with E-state index in [1.165, 1.54) is 0 Å². The third kappa shape index (κ3) is 3.93. The second kappa shape index (κ2) is 6.89. The lowest BCUT2D eigenvalue weighted by atomic mass is 10.00. The molecule has 106 valence electrons. The van der Waals surface area contributed by atoms with Crippen LogP contribution in [0.15, 0.2) is 24.3 Å². The van der Waals surface area contributed by atoms with Crippen molar-refractivity contribution in [3.05, 3.63) is 29.8 Å². The number of hydrogen-bond acceptors (Lipinski definition) is 4. The van der Waals surface area contributed by atoms with E-state index in [1.54, 1.807) is 7.11 Å². The van der Waals surface area contributed by atoms with Crippen molar-refractivity contribution < 1.29 is 14.6 Å². The van der Waals surface area contributed by atoms with E-state index in [4.69, 9.17) is 9.47 Å². The van der Waals surface area contributed by atoms with Crippen LogP contribution >= 0.6 is 0 Å². The second-order valence-electron chi connectivity index (χ2n) is 5.11. The van der Waals surface area contributed by atoms with Gasteiger partial charge in [0, 0.05) is 19.2 Å². The molecule has 0 aromatic heterocycles. The van der Waals surface area contributed by atoms with E-state index in [2.05, 4.69) is 12.2 Å². The normalized spacial score (nSPS) is 22.2. The lowest BCUT2D eigenvalue weighted by Crippen LogP contribution is -2.36. The highest BCUT2D eigenvalue weighted by molar-refractivity contribution is 5.29. The van der Waals surface area contributed by atoms with Crippen LogP contribution in [0.1, 0.15) is 25.0 Å². The van der Waals surface area contributed by atoms with Crippen molar-refractivity contribution in [2.45, 2.75) is 25.5 Å². The van der Waals surface area contributed by atoms with Crippen LogP contribution in [0.25, 0.3) is 0 Å². The molecule has 4 nitrogen and oxygen atoms in total. The molecule has 1 saturated heterocycles. The average molecular weight is 265 g/mol. The molecule has 0 spiro atoms. The third-order valence-electron chi connectivity index (χ3n) is 3.78. The summed E-state index contributed by atoms with van der Waals surface area (Å²) >= 11 is 0. The molecule has 1 heterocycles. The minimum atomic E-state index is -0.514. The Labute approximate surface area is 114 Å². The first-order valence-corrected chi connectivity index (χ1v) is 6.84. The van der Waals surface area contributed by atoms with Crippen molar-refractivity contribution in [1.82, 2.24) is 5.32 Å². The number of aliphatic hydroxyl groups excluding tert-OH is 1. The summed E-state index contributed by atoms with van der Waals surface area (Å²) in [6.45, 7) is 4.38. The highest BCUT2D eigenvalue weighted by Gasteiger charge is 2.22. The zero-order chi connectivity index (χ0) is 13.7. The molecule has 2 rings (SSSR count). The summed E-state index contributed by atoms with van der Waals surface area (Å²) in [5, 5.41) is 13.6. The number of hydrogen-bond donors (Lipinski definition) is 2. The Bertz CT molecular complexity index is 391. The maximum atomic E-state index is 10.2. The Morgan fingerprint density at radius 2 is 2.37 bits per heavy atom. The van der Waals surface area contributed by atoms with Gasteiger partial charge in [0.25, 0.3) is 0 Å². The molecular formula is C15H23NO3. The number of ether oxygens (including phenoxy) is 2. The molecule has 3 unspecified atom stereocenters. The minimum absolute atomic E-state index is 0.364. The van der Waals surface area contributed by atoms with E-state index in [0.29, 0.717) is 18.5 Å². The molecule has 3 atom stereocenters. The van der Waals surface area contributed by atoms with Crippen LogP contribution in [0.3, 0.4) is 0 Å². The fourth-order valence-electron chi connectivity index (χ4n) is 2.38. The summed E-state index contributed by atoms with van der Waals surface area (Å²) in [7, 11) is 1.63. The van der Waals surface area contributed by atoms with E-state index >= 15 is 0 Å². The summed E-state index contributed by atoms with van der Waals surface area (Å²) < 4.78 is 10.5. The van der Waals surface area contributed by atoms with E-state index in [-0.39, 0.29) is 0 Å². The standard InChI is InChI=1S/C15H23NO3/c1-11(13-6-7-19-10-13)16-9-15(17)12-4-3-5-14(8-12)18-2/h3-5,8,11,13,15-17H,6-7,9-10H2,1-2H3. The molecule has 1 aromatic rings. The van der Waals surface area contributed by atoms with Crippen LogP contribution in [0, 0.1) is 5.92 Å². The number of aliphatic hydroxyl groups is 1. The second-order valence-corrected chi connectivity index (χ2v) is 5.11. The summed E-state index contributed by atoms with van der Waals surface area (Å²) in [4.78, 5) is 0. The molecule has 0 saturated carbocycles. The van der Waals surface area contributed by atoms with E-state index in [9.17, 15) is 5.11 Å². The third-order valence-corrected chi connectivity index (χ3v) is 3.78. The topological polar surface area (TPSA) is 50.7 Å². The predicted octanol–water partition coefficient (Wildman–Crippen LogP) is 1.74. The Balaban J connectivity index is 1.84. The van der Waals surface area contributed by atoms with Crippen molar-refractivity contribution in [3.8, 4) is 5.75 Å². The monoisotopic (exact) mass is 265 g/mol. The van der Waals surface area contributed by atoms with Gasteiger partial charge in [0.15, 0.2) is 0 Å². The zero-order valence-corrected chi connectivity index (χ0v) is 11.6. The lowest BCUT2D eigenvalue weighted by molar-refractivity contribution is 0.155. The Hall–Kier alpha value is -1.10. The maximum absolute atomic E-state index is 10.2. The maximum Gasteiger partial charge on any atom is 0.119 e. The predicted molar refractivity (Wildman–Crippen MR) is 74.3 cm³/mol. The van der Waals surface area contributed by atoms with Crippen LogP contribution in [0.5, 0.6) is 5.75 Å². The summed E-state index contributed by atoms with van der Waals surface area (Å²) in [6.07, 6.45) is 0.587. The molecule has 1 fully saturated rings. The fourth-order valence-corrected chi connectivity index (χ4v) is 2.38. The van der Waals surface area contributed by atoms with Gasteiger partial charge in [-0.2, -0.15) is 0 Å². The highest BCUT2D eigenvalue weighted by Crippen LogP contribution is 2.20. The summed E-state index contributed by atoms with van der Waals surface area (Å²) in [5.41, 5.74) is 0.877. The first kappa shape index (κ1) is 14.3. The summed E-state index contributed by atoms with van der Waals surface area (Å²) in [6, 6.07) is 7.92. The largest absolute Gasteiger partial charge is 0.497 e. The van der Waals surface area contributed by atoms with Gasteiger partial charge in [-0.15, -0.1) is 0 Å². The Morgan fingerprint density at radius 1 is 1.53 bits per heavy atom. The summed E-state index contributed by atoms with van der Waals surface area (Å²) in [5.74, 6) is 1.33. The van der Waals surface area contributed by atoms with Gasteiger partial charge in [0.2, 0.25) is 0 Å². The Kier molecular flexibility index (Phi) is 5.19. The molecule has 0 aliphatic carbocycles. The minimum Gasteiger partial charge on any atom is -0.497 e. The molecule has 2 N–H and O–H groups in total. The van der Waals surface area contributed by atoms with Crippen molar-refractivity contribution >= 4 is 0 Å². The number of rotatable bonds is 6. The molecule has 1 aliphatic heterocycles. The quantitative estimate of drug-likeness (QED) is 0.822. The SMILES string of the molecule is COc1cccc(C(O)CNC(C)C2CCOC2)c1. The van der Waals surface area contributed by atoms with Crippen molar-refractivity contribution in [2.75, 3.05) is 26.9 Å². The van der Waals surface area contributed by atoms with E-state index in [1.807, 2.05) is 24.3 Å². The molecule has 0 bridgehead atoms. The average Bonchev–Trinajstić information content (AvgIpc) is 2.98. The highest BCUT2D eigenvalue weighted by atomic mass is 16.5. The molecule has 1 aromatic carbocycles. The van der Waals surface area contributed by atoms with Crippen LogP contribution in [0.2, 0.25) is 0 Å².